The lowest BCUT2D eigenvalue weighted by Crippen LogP contribution is -2.52. The van der Waals surface area contributed by atoms with Crippen LogP contribution in [0.15, 0.2) is 54.6 Å². The number of carbonyl (C=O) groups is 1. The predicted octanol–water partition coefficient (Wildman–Crippen LogP) is 2.80. The molecule has 0 saturated heterocycles. The largest absolute Gasteiger partial charge is 0.490 e. The summed E-state index contributed by atoms with van der Waals surface area (Å²) in [5.41, 5.74) is 0.862. The van der Waals surface area contributed by atoms with E-state index in [0.29, 0.717) is 5.75 Å². The second-order valence-electron chi connectivity index (χ2n) is 5.04. The quantitative estimate of drug-likeness (QED) is 0.857. The van der Waals surface area contributed by atoms with Crippen LogP contribution in [0.3, 0.4) is 0 Å². The highest BCUT2D eigenvalue weighted by Gasteiger charge is 2.32. The maximum atomic E-state index is 11.3. The molecule has 0 aliphatic carbocycles. The lowest BCUT2D eigenvalue weighted by Gasteiger charge is -2.24. The Morgan fingerprint density at radius 1 is 1.14 bits per heavy atom. The minimum Gasteiger partial charge on any atom is -0.490 e. The van der Waals surface area contributed by atoms with Gasteiger partial charge in [-0.3, -0.25) is 4.79 Å². The van der Waals surface area contributed by atoms with Crippen LogP contribution in [-0.4, -0.2) is 30.3 Å². The molecule has 2 rings (SSSR count). The summed E-state index contributed by atoms with van der Waals surface area (Å²) in [5.74, 6) is -0.270. The maximum absolute atomic E-state index is 11.3. The third-order valence-corrected chi connectivity index (χ3v) is 3.51. The summed E-state index contributed by atoms with van der Waals surface area (Å²) in [6, 6.07) is 17.5. The highest BCUT2D eigenvalue weighted by atomic mass is 16.5. The SMILES string of the molecule is CNC(C)(COc1ccccc1-c1ccccc1)C(=O)O. The number of carboxylic acid groups (broad SMARTS) is 1. The topological polar surface area (TPSA) is 58.6 Å². The molecule has 0 bridgehead atoms. The molecule has 0 fully saturated rings. The van der Waals surface area contributed by atoms with Crippen molar-refractivity contribution in [2.75, 3.05) is 13.7 Å². The standard InChI is InChI=1S/C17H19NO3/c1-17(18-2,16(19)20)12-21-15-11-7-6-10-14(15)13-8-4-3-5-9-13/h3-11,18H,12H2,1-2H3,(H,19,20). The summed E-state index contributed by atoms with van der Waals surface area (Å²) in [5, 5.41) is 12.0. The molecule has 2 N–H and O–H groups in total. The van der Waals surface area contributed by atoms with Crippen LogP contribution in [0.2, 0.25) is 0 Å². The molecular weight excluding hydrogens is 266 g/mol. The highest BCUT2D eigenvalue weighted by Crippen LogP contribution is 2.30. The Hall–Kier alpha value is -2.33. The van der Waals surface area contributed by atoms with Crippen molar-refractivity contribution >= 4 is 5.97 Å². The summed E-state index contributed by atoms with van der Waals surface area (Å²) < 4.78 is 5.77. The number of nitrogens with one attached hydrogen (secondary N) is 1. The van der Waals surface area contributed by atoms with E-state index in [1.54, 1.807) is 14.0 Å². The Bertz CT molecular complexity index is 612. The zero-order valence-corrected chi connectivity index (χ0v) is 12.2. The molecule has 0 spiro atoms. The van der Waals surface area contributed by atoms with Crippen LogP contribution in [0, 0.1) is 0 Å². The van der Waals surface area contributed by atoms with Crippen LogP contribution < -0.4 is 10.1 Å². The fourth-order valence-electron chi connectivity index (χ4n) is 1.91. The van der Waals surface area contributed by atoms with E-state index in [4.69, 9.17) is 4.74 Å². The molecule has 1 atom stereocenters. The third kappa shape index (κ3) is 3.41. The fourth-order valence-corrected chi connectivity index (χ4v) is 1.91. The van der Waals surface area contributed by atoms with Gasteiger partial charge in [-0.15, -0.1) is 0 Å². The van der Waals surface area contributed by atoms with Crippen molar-refractivity contribution in [1.29, 1.82) is 0 Å². The van der Waals surface area contributed by atoms with Gasteiger partial charge in [-0.2, -0.15) is 0 Å². The summed E-state index contributed by atoms with van der Waals surface area (Å²) in [4.78, 5) is 11.3. The molecule has 0 aliphatic heterocycles. The van der Waals surface area contributed by atoms with Gasteiger partial charge >= 0.3 is 5.97 Å². The molecule has 0 saturated carbocycles. The average molecular weight is 285 g/mol. The Kier molecular flexibility index (Phi) is 4.60. The molecule has 4 heteroatoms. The number of benzene rings is 2. The molecule has 2 aromatic rings. The molecule has 1 unspecified atom stereocenters. The van der Waals surface area contributed by atoms with Crippen molar-refractivity contribution < 1.29 is 14.6 Å². The van der Waals surface area contributed by atoms with Gasteiger partial charge in [0, 0.05) is 5.56 Å². The Labute approximate surface area is 124 Å². The Morgan fingerprint density at radius 2 is 1.76 bits per heavy atom. The number of para-hydroxylation sites is 1. The van der Waals surface area contributed by atoms with E-state index in [2.05, 4.69) is 5.32 Å². The lowest BCUT2D eigenvalue weighted by molar-refractivity contribution is -0.145. The van der Waals surface area contributed by atoms with Crippen molar-refractivity contribution in [3.63, 3.8) is 0 Å². The molecule has 110 valence electrons. The van der Waals surface area contributed by atoms with Gasteiger partial charge in [0.25, 0.3) is 0 Å². The molecule has 21 heavy (non-hydrogen) atoms. The second-order valence-corrected chi connectivity index (χ2v) is 5.04. The number of likely N-dealkylation sites (N-methyl/N-ethyl adjacent to an activating group) is 1. The summed E-state index contributed by atoms with van der Waals surface area (Å²) >= 11 is 0. The van der Waals surface area contributed by atoms with Crippen molar-refractivity contribution in [2.45, 2.75) is 12.5 Å². The first kappa shape index (κ1) is 15.1. The normalized spacial score (nSPS) is 13.4. The lowest BCUT2D eigenvalue weighted by atomic mass is 10.0. The summed E-state index contributed by atoms with van der Waals surface area (Å²) in [6.07, 6.45) is 0. The zero-order valence-electron chi connectivity index (χ0n) is 12.2. The molecule has 0 heterocycles. The van der Waals surface area contributed by atoms with Crippen molar-refractivity contribution in [3.05, 3.63) is 54.6 Å². The fraction of sp³-hybridized carbons (Fsp3) is 0.235. The van der Waals surface area contributed by atoms with Crippen LogP contribution in [0.5, 0.6) is 5.75 Å². The maximum Gasteiger partial charge on any atom is 0.327 e. The van der Waals surface area contributed by atoms with Crippen molar-refractivity contribution in [2.24, 2.45) is 0 Å². The van der Waals surface area contributed by atoms with E-state index in [0.717, 1.165) is 11.1 Å². The van der Waals surface area contributed by atoms with Crippen LogP contribution in [0.1, 0.15) is 6.92 Å². The molecule has 0 aliphatic rings. The highest BCUT2D eigenvalue weighted by molar-refractivity contribution is 5.78. The Balaban J connectivity index is 2.24. The van der Waals surface area contributed by atoms with Gasteiger partial charge in [0.2, 0.25) is 0 Å². The molecule has 2 aromatic carbocycles. The van der Waals surface area contributed by atoms with E-state index in [1.165, 1.54) is 0 Å². The van der Waals surface area contributed by atoms with Gasteiger partial charge in [0.05, 0.1) is 0 Å². The van der Waals surface area contributed by atoms with Gasteiger partial charge < -0.3 is 15.2 Å². The summed E-state index contributed by atoms with van der Waals surface area (Å²) in [7, 11) is 1.61. The van der Waals surface area contributed by atoms with Crippen LogP contribution >= 0.6 is 0 Å². The van der Waals surface area contributed by atoms with Crippen LogP contribution in [0.25, 0.3) is 11.1 Å². The van der Waals surface area contributed by atoms with Gasteiger partial charge in [-0.25, -0.2) is 0 Å². The van der Waals surface area contributed by atoms with E-state index in [9.17, 15) is 9.90 Å². The molecule has 0 amide bonds. The van der Waals surface area contributed by atoms with E-state index in [-0.39, 0.29) is 6.61 Å². The average Bonchev–Trinajstić information content (AvgIpc) is 2.53. The van der Waals surface area contributed by atoms with Gasteiger partial charge in [-0.1, -0.05) is 48.5 Å². The molecular formula is C17H19NO3. The first-order valence-electron chi connectivity index (χ1n) is 6.76. The van der Waals surface area contributed by atoms with Gasteiger partial charge in [0.1, 0.15) is 17.9 Å². The molecule has 4 nitrogen and oxygen atoms in total. The smallest absolute Gasteiger partial charge is 0.327 e. The summed E-state index contributed by atoms with van der Waals surface area (Å²) in [6.45, 7) is 1.64. The number of carboxylic acids is 1. The van der Waals surface area contributed by atoms with Gasteiger partial charge in [-0.05, 0) is 25.6 Å². The minimum absolute atomic E-state index is 0.0443. The van der Waals surface area contributed by atoms with E-state index >= 15 is 0 Å². The van der Waals surface area contributed by atoms with E-state index < -0.39 is 11.5 Å². The number of hydrogen-bond acceptors (Lipinski definition) is 3. The van der Waals surface area contributed by atoms with Crippen LogP contribution in [0.4, 0.5) is 0 Å². The predicted molar refractivity (Wildman–Crippen MR) is 82.5 cm³/mol. The number of rotatable bonds is 6. The van der Waals surface area contributed by atoms with Crippen LogP contribution in [-0.2, 0) is 4.79 Å². The zero-order chi connectivity index (χ0) is 15.3. The molecule has 0 aromatic heterocycles. The molecule has 0 radical (unpaired) electrons. The second kappa shape index (κ2) is 6.41. The first-order chi connectivity index (χ1) is 10.1. The van der Waals surface area contributed by atoms with Crippen molar-refractivity contribution in [3.8, 4) is 16.9 Å². The van der Waals surface area contributed by atoms with Gasteiger partial charge in [0.15, 0.2) is 0 Å². The Morgan fingerprint density at radius 3 is 2.38 bits per heavy atom. The number of aliphatic carboxylic acids is 1. The third-order valence-electron chi connectivity index (χ3n) is 3.51. The minimum atomic E-state index is -1.12. The first-order valence-corrected chi connectivity index (χ1v) is 6.76. The van der Waals surface area contributed by atoms with Crippen molar-refractivity contribution in [1.82, 2.24) is 5.32 Å². The monoisotopic (exact) mass is 285 g/mol. The van der Waals surface area contributed by atoms with E-state index in [1.807, 2.05) is 54.6 Å². The number of ether oxygens (including phenoxy) is 1. The number of hydrogen-bond donors (Lipinski definition) is 2.